The van der Waals surface area contributed by atoms with Gasteiger partial charge in [0.05, 0.1) is 6.04 Å². The topological polar surface area (TPSA) is 67.6 Å². The molecule has 1 unspecified atom stereocenters. The largest absolute Gasteiger partial charge is 0.381 e. The average Bonchev–Trinajstić information content (AvgIpc) is 2.59. The van der Waals surface area contributed by atoms with Gasteiger partial charge in [-0.25, -0.2) is 0 Å². The summed E-state index contributed by atoms with van der Waals surface area (Å²) >= 11 is 0. The molecule has 1 aliphatic heterocycles. The van der Waals surface area contributed by atoms with Gasteiger partial charge in [-0.05, 0) is 51.6 Å². The maximum absolute atomic E-state index is 12.1. The Morgan fingerprint density at radius 2 is 1.79 bits per heavy atom. The minimum Gasteiger partial charge on any atom is -0.381 e. The van der Waals surface area contributed by atoms with Crippen molar-refractivity contribution in [1.82, 2.24) is 10.2 Å². The van der Waals surface area contributed by atoms with Gasteiger partial charge in [0.1, 0.15) is 0 Å². The number of hydrogen-bond acceptors (Lipinski definition) is 4. The first-order valence-corrected chi connectivity index (χ1v) is 9.00. The molecule has 1 saturated heterocycles. The van der Waals surface area contributed by atoms with Gasteiger partial charge in [-0.3, -0.25) is 4.79 Å². The highest BCUT2D eigenvalue weighted by molar-refractivity contribution is 5.85. The van der Waals surface area contributed by atoms with Crippen LogP contribution in [0.2, 0.25) is 0 Å². The molecule has 1 heterocycles. The molecule has 2 fully saturated rings. The van der Waals surface area contributed by atoms with Crippen LogP contribution < -0.4 is 11.1 Å². The highest BCUT2D eigenvalue weighted by Crippen LogP contribution is 2.21. The first-order valence-electron chi connectivity index (χ1n) is 9.00. The fourth-order valence-electron chi connectivity index (χ4n) is 3.65. The zero-order valence-electron chi connectivity index (χ0n) is 14.9. The summed E-state index contributed by atoms with van der Waals surface area (Å²) in [5.74, 6) is 0.283. The summed E-state index contributed by atoms with van der Waals surface area (Å²) in [5.41, 5.74) is 6.07. The lowest BCUT2D eigenvalue weighted by atomic mass is 9.92. The number of carbonyl (C=O) groups excluding carboxylic acids is 1. The van der Waals surface area contributed by atoms with Crippen LogP contribution in [0, 0.1) is 5.92 Å². The molecule has 7 heteroatoms. The molecular weight excluding hydrogens is 349 g/mol. The number of hydrogen-bond donors (Lipinski definition) is 2. The predicted molar refractivity (Wildman–Crippen MR) is 103 cm³/mol. The molecule has 3 N–H and O–H groups in total. The van der Waals surface area contributed by atoms with E-state index in [9.17, 15) is 4.79 Å². The Bertz CT molecular complexity index is 336. The molecule has 0 spiro atoms. The molecule has 0 radical (unpaired) electrons. The molecule has 0 aromatic carbocycles. The van der Waals surface area contributed by atoms with E-state index in [0.29, 0.717) is 0 Å². The number of nitrogens with zero attached hydrogens (tertiary/aromatic N) is 1. The van der Waals surface area contributed by atoms with Gasteiger partial charge in [-0.2, -0.15) is 0 Å². The number of halogens is 2. The third-order valence-corrected chi connectivity index (χ3v) is 5.26. The second-order valence-electron chi connectivity index (χ2n) is 6.89. The number of amides is 1. The molecule has 5 nitrogen and oxygen atoms in total. The van der Waals surface area contributed by atoms with Crippen molar-refractivity contribution in [2.24, 2.45) is 11.7 Å². The van der Waals surface area contributed by atoms with Crippen LogP contribution in [0.5, 0.6) is 0 Å². The Morgan fingerprint density at radius 3 is 2.42 bits per heavy atom. The van der Waals surface area contributed by atoms with E-state index in [1.807, 2.05) is 0 Å². The predicted octanol–water partition coefficient (Wildman–Crippen LogP) is 2.35. The number of carbonyl (C=O) groups is 1. The molecule has 0 aromatic rings. The minimum atomic E-state index is -0.375. The van der Waals surface area contributed by atoms with Gasteiger partial charge in [0.2, 0.25) is 5.91 Å². The molecule has 24 heavy (non-hydrogen) atoms. The molecule has 1 amide bonds. The molecule has 1 saturated carbocycles. The van der Waals surface area contributed by atoms with Crippen molar-refractivity contribution in [3.05, 3.63) is 0 Å². The molecule has 2 rings (SSSR count). The average molecular weight is 384 g/mol. The second-order valence-corrected chi connectivity index (χ2v) is 6.89. The molecule has 0 aromatic heterocycles. The van der Waals surface area contributed by atoms with Crippen LogP contribution in [0.4, 0.5) is 0 Å². The third-order valence-electron chi connectivity index (χ3n) is 5.26. The van der Waals surface area contributed by atoms with Gasteiger partial charge < -0.3 is 20.7 Å². The fraction of sp³-hybridized carbons (Fsp3) is 0.941. The maximum Gasteiger partial charge on any atom is 0.237 e. The van der Waals surface area contributed by atoms with Crippen molar-refractivity contribution in [1.29, 1.82) is 0 Å². The highest BCUT2D eigenvalue weighted by Gasteiger charge is 2.26. The van der Waals surface area contributed by atoms with Crippen LogP contribution in [0.25, 0.3) is 0 Å². The lowest BCUT2D eigenvalue weighted by Gasteiger charge is -2.31. The van der Waals surface area contributed by atoms with E-state index >= 15 is 0 Å². The molecule has 1 atom stereocenters. The standard InChI is InChI=1S/C17H33N3O2.2ClH/c1-20(15-6-3-2-4-7-15)11-5-10-19-17(21)16(18)14-8-12-22-13-9-14;;/h14-16H,2-13,18H2,1H3,(H,19,21);2*1H. The van der Waals surface area contributed by atoms with Gasteiger partial charge >= 0.3 is 0 Å². The number of ether oxygens (including phenoxy) is 1. The summed E-state index contributed by atoms with van der Waals surface area (Å²) in [6, 6.07) is 0.369. The summed E-state index contributed by atoms with van der Waals surface area (Å²) in [6.07, 6.45) is 9.59. The van der Waals surface area contributed by atoms with Gasteiger partial charge in [-0.15, -0.1) is 24.8 Å². The van der Waals surface area contributed by atoms with E-state index in [2.05, 4.69) is 17.3 Å². The first kappa shape index (κ1) is 23.9. The normalized spacial score (nSPS) is 20.8. The van der Waals surface area contributed by atoms with E-state index in [0.717, 1.165) is 51.6 Å². The Balaban J connectivity index is 0.00000264. The zero-order chi connectivity index (χ0) is 15.8. The quantitative estimate of drug-likeness (QED) is 0.662. The maximum atomic E-state index is 12.1. The summed E-state index contributed by atoms with van der Waals surface area (Å²) in [7, 11) is 2.21. The first-order chi connectivity index (χ1) is 10.7. The fourth-order valence-corrected chi connectivity index (χ4v) is 3.65. The monoisotopic (exact) mass is 383 g/mol. The minimum absolute atomic E-state index is 0. The van der Waals surface area contributed by atoms with Crippen molar-refractivity contribution in [3.63, 3.8) is 0 Å². The summed E-state index contributed by atoms with van der Waals surface area (Å²) in [6.45, 7) is 3.25. The van der Waals surface area contributed by atoms with Crippen LogP contribution >= 0.6 is 24.8 Å². The Hall–Kier alpha value is -0.0700. The van der Waals surface area contributed by atoms with Crippen LogP contribution in [0.1, 0.15) is 51.4 Å². The summed E-state index contributed by atoms with van der Waals surface area (Å²) in [5, 5.41) is 3.01. The van der Waals surface area contributed by atoms with E-state index < -0.39 is 0 Å². The van der Waals surface area contributed by atoms with E-state index in [4.69, 9.17) is 10.5 Å². The number of nitrogens with two attached hydrogens (primary N) is 1. The van der Waals surface area contributed by atoms with Crippen molar-refractivity contribution < 1.29 is 9.53 Å². The molecule has 0 bridgehead atoms. The van der Waals surface area contributed by atoms with Crippen LogP contribution in [-0.2, 0) is 9.53 Å². The van der Waals surface area contributed by atoms with Crippen LogP contribution in [-0.4, -0.2) is 56.2 Å². The van der Waals surface area contributed by atoms with Crippen molar-refractivity contribution >= 4 is 30.7 Å². The lowest BCUT2D eigenvalue weighted by Crippen LogP contribution is -2.47. The molecular formula is C17H35Cl2N3O2. The smallest absolute Gasteiger partial charge is 0.237 e. The number of nitrogens with one attached hydrogen (secondary N) is 1. The van der Waals surface area contributed by atoms with Crippen molar-refractivity contribution in [2.45, 2.75) is 63.5 Å². The van der Waals surface area contributed by atoms with Crippen LogP contribution in [0.3, 0.4) is 0 Å². The Labute approximate surface area is 159 Å². The Kier molecular flexibility index (Phi) is 13.1. The van der Waals surface area contributed by atoms with Crippen LogP contribution in [0.15, 0.2) is 0 Å². The highest BCUT2D eigenvalue weighted by atomic mass is 35.5. The zero-order valence-corrected chi connectivity index (χ0v) is 16.5. The van der Waals surface area contributed by atoms with E-state index in [1.54, 1.807) is 0 Å². The third kappa shape index (κ3) is 7.87. The SMILES string of the molecule is CN(CCCNC(=O)C(N)C1CCOCC1)C1CCCCC1.Cl.Cl. The lowest BCUT2D eigenvalue weighted by molar-refractivity contribution is -0.124. The second kappa shape index (κ2) is 13.2. The Morgan fingerprint density at radius 1 is 1.17 bits per heavy atom. The van der Waals surface area contributed by atoms with Crippen molar-refractivity contribution in [3.8, 4) is 0 Å². The molecule has 144 valence electrons. The summed E-state index contributed by atoms with van der Waals surface area (Å²) in [4.78, 5) is 14.6. The van der Waals surface area contributed by atoms with Gasteiger partial charge in [0.15, 0.2) is 0 Å². The molecule has 1 aliphatic carbocycles. The van der Waals surface area contributed by atoms with Gasteiger partial charge in [0, 0.05) is 25.8 Å². The number of rotatable bonds is 7. The molecule has 2 aliphatic rings. The summed E-state index contributed by atoms with van der Waals surface area (Å²) < 4.78 is 5.32. The van der Waals surface area contributed by atoms with Crippen molar-refractivity contribution in [2.75, 3.05) is 33.4 Å². The van der Waals surface area contributed by atoms with Gasteiger partial charge in [-0.1, -0.05) is 19.3 Å². The van der Waals surface area contributed by atoms with E-state index in [1.165, 1.54) is 32.1 Å². The van der Waals surface area contributed by atoms with Gasteiger partial charge in [0.25, 0.3) is 0 Å². The van der Waals surface area contributed by atoms with E-state index in [-0.39, 0.29) is 42.7 Å².